The van der Waals surface area contributed by atoms with E-state index in [1.165, 1.54) is 56.9 Å². The van der Waals surface area contributed by atoms with E-state index in [1.807, 2.05) is 19.1 Å². The van der Waals surface area contributed by atoms with Crippen LogP contribution in [0, 0.1) is 5.92 Å². The van der Waals surface area contributed by atoms with Crippen molar-refractivity contribution in [2.75, 3.05) is 14.2 Å². The number of carbonyl (C=O) groups is 2. The molecule has 0 fully saturated rings. The smallest absolute Gasteiger partial charge is 0.163 e. The molecule has 3 aromatic carbocycles. The summed E-state index contributed by atoms with van der Waals surface area (Å²) < 4.78 is 10.00. The molecule has 0 saturated heterocycles. The van der Waals surface area contributed by atoms with Gasteiger partial charge in [-0.1, -0.05) is 67.9 Å². The lowest BCUT2D eigenvalue weighted by Gasteiger charge is -2.31. The minimum Gasteiger partial charge on any atom is -0.507 e. The van der Waals surface area contributed by atoms with Crippen molar-refractivity contribution in [2.45, 2.75) is 71.6 Å². The van der Waals surface area contributed by atoms with E-state index in [0.717, 1.165) is 36.8 Å². The number of hydrogen-bond donors (Lipinski definition) is 4. The van der Waals surface area contributed by atoms with Crippen molar-refractivity contribution in [1.29, 1.82) is 0 Å². The van der Waals surface area contributed by atoms with Gasteiger partial charge in [0.1, 0.15) is 11.5 Å². The first-order valence-corrected chi connectivity index (χ1v) is 16.9. The van der Waals surface area contributed by atoms with Crippen LogP contribution in [-0.2, 0) is 16.0 Å². The average molecular weight is 683 g/mol. The maximum Gasteiger partial charge on any atom is 0.163 e. The van der Waals surface area contributed by atoms with Crippen LogP contribution in [0.3, 0.4) is 0 Å². The summed E-state index contributed by atoms with van der Waals surface area (Å²) in [7, 11) is 2.87. The van der Waals surface area contributed by atoms with Gasteiger partial charge in [-0.15, -0.1) is 0 Å². The third kappa shape index (κ3) is 11.4. The van der Waals surface area contributed by atoms with Crippen molar-refractivity contribution in [3.63, 3.8) is 0 Å². The fraction of sp³-hybridized carbons (Fsp3) is 0.333. The standard InChI is InChI=1S/C21H20O6.C21H30O2/c1-26-20-11-14(5-9-18(20)24)3-7-16(22)13-17(23)8-4-15-6-10-19(25)21(12-15)27-2;1-5-6-7-8-16-12-19(22)21(20(23)13-16)18-11-15(4)9-10-17(18)14(2)3/h3-12,24-25H,13H2,1-2H3;11-13,17-18,22-23H,2,5-10H2,1,3-4H3/b7-3+,8-4+;/t;17-,18+/m.0/s1. The van der Waals surface area contributed by atoms with E-state index < -0.39 is 0 Å². The Morgan fingerprint density at radius 3 is 1.80 bits per heavy atom. The molecule has 2 atom stereocenters. The maximum absolute atomic E-state index is 11.9. The van der Waals surface area contributed by atoms with Gasteiger partial charge in [0, 0.05) is 11.5 Å². The molecule has 1 aliphatic rings. The molecule has 0 radical (unpaired) electrons. The van der Waals surface area contributed by atoms with Gasteiger partial charge in [-0.25, -0.2) is 0 Å². The summed E-state index contributed by atoms with van der Waals surface area (Å²) in [5.41, 5.74) is 5.44. The molecule has 4 N–H and O–H groups in total. The normalized spacial score (nSPS) is 15.7. The molecule has 8 heteroatoms. The van der Waals surface area contributed by atoms with Crippen LogP contribution in [0.2, 0.25) is 0 Å². The molecule has 0 amide bonds. The number of hydrogen-bond acceptors (Lipinski definition) is 8. The highest BCUT2D eigenvalue weighted by molar-refractivity contribution is 6.10. The van der Waals surface area contributed by atoms with Gasteiger partial charge in [0.2, 0.25) is 0 Å². The van der Waals surface area contributed by atoms with E-state index in [1.54, 1.807) is 36.4 Å². The van der Waals surface area contributed by atoms with E-state index in [2.05, 4.69) is 26.5 Å². The summed E-state index contributed by atoms with van der Waals surface area (Å²) in [6.07, 6.45) is 14.1. The second-order valence-corrected chi connectivity index (χ2v) is 12.7. The highest BCUT2D eigenvalue weighted by Crippen LogP contribution is 2.46. The van der Waals surface area contributed by atoms with Crippen LogP contribution in [0.15, 0.2) is 84.5 Å². The largest absolute Gasteiger partial charge is 0.507 e. The monoisotopic (exact) mass is 682 g/mol. The summed E-state index contributed by atoms with van der Waals surface area (Å²) in [4.78, 5) is 23.9. The van der Waals surface area contributed by atoms with Crippen molar-refractivity contribution >= 4 is 23.7 Å². The number of allylic oxidation sites excluding steroid dienone is 5. The second kappa shape index (κ2) is 19.1. The van der Waals surface area contributed by atoms with Gasteiger partial charge in [-0.05, 0) is 111 Å². The highest BCUT2D eigenvalue weighted by Gasteiger charge is 2.30. The molecule has 1 aliphatic carbocycles. The summed E-state index contributed by atoms with van der Waals surface area (Å²) in [5, 5.41) is 40.2. The minimum absolute atomic E-state index is 0.00662. The first kappa shape index (κ1) is 39.2. The quantitative estimate of drug-likeness (QED) is 0.0572. The fourth-order valence-corrected chi connectivity index (χ4v) is 5.91. The van der Waals surface area contributed by atoms with Crippen LogP contribution in [0.25, 0.3) is 12.2 Å². The van der Waals surface area contributed by atoms with Gasteiger partial charge in [0.15, 0.2) is 34.6 Å². The Bertz CT molecular complexity index is 1650. The first-order valence-electron chi connectivity index (χ1n) is 16.9. The molecule has 8 nitrogen and oxygen atoms in total. The van der Waals surface area contributed by atoms with Gasteiger partial charge in [-0.3, -0.25) is 9.59 Å². The third-order valence-electron chi connectivity index (χ3n) is 8.66. The molecule has 266 valence electrons. The fourth-order valence-electron chi connectivity index (χ4n) is 5.91. The van der Waals surface area contributed by atoms with E-state index >= 15 is 0 Å². The number of phenolic OH excluding ortho intramolecular Hbond substituents is 4. The molecule has 0 aliphatic heterocycles. The molecule has 4 rings (SSSR count). The Hall–Kier alpha value is -5.24. The summed E-state index contributed by atoms with van der Waals surface area (Å²) >= 11 is 0. The van der Waals surface area contributed by atoms with Crippen LogP contribution in [0.4, 0.5) is 0 Å². The van der Waals surface area contributed by atoms with Crippen LogP contribution in [0.1, 0.15) is 87.5 Å². The van der Waals surface area contributed by atoms with Crippen LogP contribution >= 0.6 is 0 Å². The molecule has 0 spiro atoms. The summed E-state index contributed by atoms with van der Waals surface area (Å²) in [6, 6.07) is 13.0. The van der Waals surface area contributed by atoms with Crippen molar-refractivity contribution in [3.8, 4) is 34.5 Å². The number of aryl methyl sites for hydroxylation is 1. The average Bonchev–Trinajstić information content (AvgIpc) is 3.07. The third-order valence-corrected chi connectivity index (χ3v) is 8.66. The molecule has 0 saturated carbocycles. The lowest BCUT2D eigenvalue weighted by atomic mass is 9.73. The Kier molecular flexibility index (Phi) is 15.0. The Morgan fingerprint density at radius 1 is 0.820 bits per heavy atom. The zero-order chi connectivity index (χ0) is 36.8. The predicted molar refractivity (Wildman–Crippen MR) is 199 cm³/mol. The number of benzene rings is 3. The van der Waals surface area contributed by atoms with Crippen LogP contribution in [-0.4, -0.2) is 46.2 Å². The van der Waals surface area contributed by atoms with E-state index in [9.17, 15) is 30.0 Å². The lowest BCUT2D eigenvalue weighted by molar-refractivity contribution is -0.121. The number of rotatable bonds is 14. The van der Waals surface area contributed by atoms with Gasteiger partial charge in [-0.2, -0.15) is 0 Å². The van der Waals surface area contributed by atoms with E-state index in [0.29, 0.717) is 28.2 Å². The second-order valence-electron chi connectivity index (χ2n) is 12.7. The Balaban J connectivity index is 0.000000274. The van der Waals surface area contributed by atoms with Crippen LogP contribution in [0.5, 0.6) is 34.5 Å². The minimum atomic E-state index is -0.347. The zero-order valence-electron chi connectivity index (χ0n) is 29.7. The number of aromatic hydroxyl groups is 4. The van der Waals surface area contributed by atoms with Crippen molar-refractivity contribution in [3.05, 3.63) is 107 Å². The Labute approximate surface area is 295 Å². The SMILES string of the molecule is C=C(C)[C@@H]1CCC(C)=C[C@H]1c1c(O)cc(CCCCC)cc1O.COc1cc(/C=C/C(=O)CC(=O)/C=C/c2ccc(O)c(OC)c2)ccc1O. The number of carbonyl (C=O) groups excluding carboxylic acids is 2. The van der Waals surface area contributed by atoms with Gasteiger partial charge < -0.3 is 29.9 Å². The molecule has 0 unspecified atom stereocenters. The summed E-state index contributed by atoms with van der Waals surface area (Å²) in [5.74, 6) is 0.657. The zero-order valence-corrected chi connectivity index (χ0v) is 29.7. The van der Waals surface area contributed by atoms with Gasteiger partial charge in [0.05, 0.1) is 20.6 Å². The van der Waals surface area contributed by atoms with Gasteiger partial charge >= 0.3 is 0 Å². The van der Waals surface area contributed by atoms with Crippen molar-refractivity contribution in [2.24, 2.45) is 5.92 Å². The molecule has 0 aromatic heterocycles. The number of ether oxygens (including phenoxy) is 2. The number of methoxy groups -OCH3 is 2. The maximum atomic E-state index is 11.9. The Morgan fingerprint density at radius 2 is 1.34 bits per heavy atom. The molecule has 50 heavy (non-hydrogen) atoms. The molecule has 0 bridgehead atoms. The van der Waals surface area contributed by atoms with Gasteiger partial charge in [0.25, 0.3) is 0 Å². The lowest BCUT2D eigenvalue weighted by Crippen LogP contribution is -2.17. The van der Waals surface area contributed by atoms with E-state index in [4.69, 9.17) is 9.47 Å². The number of ketones is 2. The predicted octanol–water partition coefficient (Wildman–Crippen LogP) is 9.22. The molecule has 0 heterocycles. The topological polar surface area (TPSA) is 134 Å². The number of unbranched alkanes of at least 4 members (excludes halogenated alkanes) is 2. The van der Waals surface area contributed by atoms with Crippen molar-refractivity contribution in [1.82, 2.24) is 0 Å². The highest BCUT2D eigenvalue weighted by atomic mass is 16.5. The van der Waals surface area contributed by atoms with Crippen LogP contribution < -0.4 is 9.47 Å². The molecular weight excluding hydrogens is 632 g/mol. The van der Waals surface area contributed by atoms with Crippen molar-refractivity contribution < 1.29 is 39.5 Å². The molecular formula is C42H50O8. The summed E-state index contributed by atoms with van der Waals surface area (Å²) in [6.45, 7) is 10.4. The molecule has 3 aromatic rings. The van der Waals surface area contributed by atoms with E-state index in [-0.39, 0.29) is 52.8 Å². The first-order chi connectivity index (χ1) is 23.9. The number of phenols is 4.